The van der Waals surface area contributed by atoms with Crippen molar-refractivity contribution in [2.45, 2.75) is 83.6 Å². The Morgan fingerprint density at radius 3 is 1.99 bits per heavy atom. The zero-order valence-electron chi connectivity index (χ0n) is 38.8. The van der Waals surface area contributed by atoms with Gasteiger partial charge in [0, 0.05) is 54.0 Å². The minimum atomic E-state index is -1.36. The van der Waals surface area contributed by atoms with Gasteiger partial charge in [-0.3, -0.25) is 24.0 Å². The van der Waals surface area contributed by atoms with Crippen LogP contribution in [0.5, 0.6) is 11.5 Å². The number of hydrogen-bond donors (Lipinski definition) is 8. The molecule has 16 nitrogen and oxygen atoms in total. The summed E-state index contributed by atoms with van der Waals surface area (Å²) in [6.07, 6.45) is 1.32. The summed E-state index contributed by atoms with van der Waals surface area (Å²) < 4.78 is 12.3. The summed E-state index contributed by atoms with van der Waals surface area (Å²) in [5.41, 5.74) is 22.0. The molecular formula is C50H64ClN9O7. The van der Waals surface area contributed by atoms with Crippen LogP contribution in [0, 0.1) is 11.3 Å². The molecule has 0 aromatic heterocycles. The average Bonchev–Trinajstić information content (AvgIpc) is 3.31. The van der Waals surface area contributed by atoms with Crippen LogP contribution in [0.25, 0.3) is 22.3 Å². The molecule has 17 heteroatoms. The zero-order valence-corrected chi connectivity index (χ0v) is 39.6. The van der Waals surface area contributed by atoms with Gasteiger partial charge in [-0.15, -0.1) is 0 Å². The summed E-state index contributed by atoms with van der Waals surface area (Å²) in [5, 5.41) is 20.5. The Bertz CT molecular complexity index is 2380. The summed E-state index contributed by atoms with van der Waals surface area (Å²) >= 11 is 6.08. The maximum Gasteiger partial charge on any atom is 0.251 e. The molecule has 1 heterocycles. The fourth-order valence-corrected chi connectivity index (χ4v) is 7.92. The molecule has 0 spiro atoms. The van der Waals surface area contributed by atoms with E-state index in [2.05, 4.69) is 21.3 Å². The van der Waals surface area contributed by atoms with E-state index in [1.165, 1.54) is 18.9 Å². The predicted molar refractivity (Wildman–Crippen MR) is 261 cm³/mol. The second-order valence-electron chi connectivity index (χ2n) is 16.9. The van der Waals surface area contributed by atoms with E-state index in [-0.39, 0.29) is 45.1 Å². The van der Waals surface area contributed by atoms with Gasteiger partial charge in [-0.1, -0.05) is 61.8 Å². The van der Waals surface area contributed by atoms with Gasteiger partial charge in [0.05, 0.1) is 6.04 Å². The summed E-state index contributed by atoms with van der Waals surface area (Å²) in [5.74, 6) is -2.28. The second kappa shape index (κ2) is 24.4. The fraction of sp³-hybridized carbons (Fsp3) is 0.400. The van der Waals surface area contributed by atoms with Crippen LogP contribution < -0.4 is 47.9 Å². The van der Waals surface area contributed by atoms with E-state index >= 15 is 0 Å². The van der Waals surface area contributed by atoms with E-state index in [0.29, 0.717) is 69.4 Å². The summed E-state index contributed by atoms with van der Waals surface area (Å²) in [6.45, 7) is 7.99. The lowest BCUT2D eigenvalue weighted by molar-refractivity contribution is -0.141. The minimum absolute atomic E-state index is 0.0342. The molecule has 5 atom stereocenters. The molecule has 0 fully saturated rings. The third-order valence-electron chi connectivity index (χ3n) is 11.5. The van der Waals surface area contributed by atoms with Crippen molar-refractivity contribution in [3.63, 3.8) is 0 Å². The average molecular weight is 939 g/mol. The molecule has 0 aliphatic carbocycles. The summed E-state index contributed by atoms with van der Waals surface area (Å²) in [6, 6.07) is 19.3. The van der Waals surface area contributed by atoms with Gasteiger partial charge in [-0.05, 0) is 116 Å². The third-order valence-corrected chi connectivity index (χ3v) is 11.8. The smallest absolute Gasteiger partial charge is 0.251 e. The van der Waals surface area contributed by atoms with Crippen LogP contribution in [0.2, 0.25) is 5.02 Å². The first kappa shape index (κ1) is 51.7. The molecule has 5 unspecified atom stereocenters. The molecule has 5 rings (SSSR count). The number of amides is 5. The first-order valence-corrected chi connectivity index (χ1v) is 23.0. The van der Waals surface area contributed by atoms with Gasteiger partial charge in [0.15, 0.2) is 0 Å². The zero-order chi connectivity index (χ0) is 48.8. The van der Waals surface area contributed by atoms with E-state index < -0.39 is 59.7 Å². The number of halogens is 1. The maximum atomic E-state index is 14.8. The van der Waals surface area contributed by atoms with Gasteiger partial charge in [0.2, 0.25) is 23.6 Å². The van der Waals surface area contributed by atoms with Crippen LogP contribution in [-0.4, -0.2) is 104 Å². The number of hydrogen-bond acceptors (Lipinski definition) is 11. The van der Waals surface area contributed by atoms with Crippen molar-refractivity contribution in [2.75, 3.05) is 39.9 Å². The largest absolute Gasteiger partial charge is 0.492 e. The molecule has 4 aromatic carbocycles. The van der Waals surface area contributed by atoms with E-state index in [1.807, 2.05) is 32.0 Å². The number of benzene rings is 4. The van der Waals surface area contributed by atoms with Gasteiger partial charge in [-0.25, -0.2) is 0 Å². The first-order valence-electron chi connectivity index (χ1n) is 22.6. The fourth-order valence-electron chi connectivity index (χ4n) is 7.80. The number of unbranched alkanes of at least 4 members (excludes halogenated alkanes) is 1. The van der Waals surface area contributed by atoms with Crippen molar-refractivity contribution >= 4 is 46.8 Å². The summed E-state index contributed by atoms with van der Waals surface area (Å²) in [4.78, 5) is 72.6. The number of nitrogens with one attached hydrogen (secondary N) is 5. The Morgan fingerprint density at radius 2 is 1.39 bits per heavy atom. The maximum absolute atomic E-state index is 14.8. The highest BCUT2D eigenvalue weighted by molar-refractivity contribution is 6.30. The highest BCUT2D eigenvalue weighted by atomic mass is 35.5. The molecule has 5 amide bonds. The van der Waals surface area contributed by atoms with Crippen molar-refractivity contribution in [3.05, 3.63) is 107 Å². The van der Waals surface area contributed by atoms with Crippen molar-refractivity contribution in [2.24, 2.45) is 23.1 Å². The molecule has 67 heavy (non-hydrogen) atoms. The SMILES string of the molecule is CC(C)C(=N)C(C)NC(=O)C1Cc2ccc(OCCN)c(c2)-c2cc(ccc2OCCN)C(N(C)C(=O)C(CCCCN)NC(=O)c2ccc(-c3ccc(Cl)cc3)cc2)C(=O)NC(C)C(=O)N1. The molecule has 358 valence electrons. The summed E-state index contributed by atoms with van der Waals surface area (Å²) in [7, 11) is 1.47. The van der Waals surface area contributed by atoms with Gasteiger partial charge >= 0.3 is 0 Å². The Hall–Kier alpha value is -6.33. The number of nitrogens with zero attached hydrogens (tertiary/aromatic N) is 1. The Morgan fingerprint density at radius 1 is 0.791 bits per heavy atom. The van der Waals surface area contributed by atoms with E-state index in [1.54, 1.807) is 73.7 Å². The van der Waals surface area contributed by atoms with Gasteiger partial charge < -0.3 is 58.3 Å². The number of fused-ring (bicyclic) bond motifs is 5. The molecule has 4 bridgehead atoms. The predicted octanol–water partition coefficient (Wildman–Crippen LogP) is 4.50. The molecule has 11 N–H and O–H groups in total. The van der Waals surface area contributed by atoms with Gasteiger partial charge in [0.1, 0.15) is 48.9 Å². The molecule has 4 aromatic rings. The standard InChI is InChI=1S/C50H64ClN9O7/c1-29(2)44(55)30(3)56-48(63)41-27-32-9-19-42(66-24-22-53)38(26-32)39-28-36(16-20-43(39)67-25-23-54)45(49(64)57-31(4)46(61)59-41)60(5)50(65)40(8-6-7-21-52)58-47(62)35-12-10-33(11-13-35)34-14-17-37(51)18-15-34/h9-20,26,28-31,40-41,45,55H,6-8,21-25,27,52-54H2,1-5H3,(H,56,63)(H,57,64)(H,58,62)(H,59,61). The van der Waals surface area contributed by atoms with Crippen molar-refractivity contribution < 1.29 is 33.4 Å². The number of carbonyl (C=O) groups is 5. The number of rotatable bonds is 19. The Kier molecular flexibility index (Phi) is 18.8. The number of nitrogens with two attached hydrogens (primary N) is 3. The van der Waals surface area contributed by atoms with E-state index in [9.17, 15) is 24.0 Å². The van der Waals surface area contributed by atoms with Crippen LogP contribution in [0.1, 0.15) is 74.5 Å². The Labute approximate surface area is 397 Å². The quantitative estimate of drug-likeness (QED) is 0.0483. The topological polar surface area (TPSA) is 257 Å². The van der Waals surface area contributed by atoms with E-state index in [0.717, 1.165) is 11.1 Å². The number of carbonyl (C=O) groups excluding carboxylic acids is 5. The van der Waals surface area contributed by atoms with E-state index in [4.69, 9.17) is 43.7 Å². The van der Waals surface area contributed by atoms with Crippen LogP contribution >= 0.6 is 11.6 Å². The van der Waals surface area contributed by atoms with Gasteiger partial charge in [0.25, 0.3) is 5.91 Å². The molecule has 1 aliphatic rings. The molecular weight excluding hydrogens is 874 g/mol. The van der Waals surface area contributed by atoms with Crippen molar-refractivity contribution in [3.8, 4) is 33.8 Å². The van der Waals surface area contributed by atoms with Crippen LogP contribution in [0.15, 0.2) is 84.9 Å². The Balaban J connectivity index is 1.58. The van der Waals surface area contributed by atoms with Crippen LogP contribution in [0.3, 0.4) is 0 Å². The molecule has 0 saturated carbocycles. The minimum Gasteiger partial charge on any atom is -0.492 e. The molecule has 1 aliphatic heterocycles. The van der Waals surface area contributed by atoms with Crippen LogP contribution in [0.4, 0.5) is 0 Å². The number of likely N-dealkylation sites (N-methyl/N-ethyl adjacent to an activating group) is 1. The molecule has 0 radical (unpaired) electrons. The lowest BCUT2D eigenvalue weighted by atomic mass is 9.93. The first-order chi connectivity index (χ1) is 32.1. The lowest BCUT2D eigenvalue weighted by Crippen LogP contribution is -2.57. The third kappa shape index (κ3) is 13.6. The normalized spacial score (nSPS) is 17.0. The number of ether oxygens (including phenoxy) is 2. The highest BCUT2D eigenvalue weighted by Gasteiger charge is 2.36. The molecule has 0 saturated heterocycles. The monoisotopic (exact) mass is 937 g/mol. The van der Waals surface area contributed by atoms with Crippen molar-refractivity contribution in [1.29, 1.82) is 5.41 Å². The second-order valence-corrected chi connectivity index (χ2v) is 17.4. The van der Waals surface area contributed by atoms with Crippen LogP contribution in [-0.2, 0) is 25.6 Å². The van der Waals surface area contributed by atoms with Crippen molar-refractivity contribution in [1.82, 2.24) is 26.2 Å². The lowest BCUT2D eigenvalue weighted by Gasteiger charge is -2.33. The van der Waals surface area contributed by atoms with Gasteiger partial charge in [-0.2, -0.15) is 0 Å². The highest BCUT2D eigenvalue weighted by Crippen LogP contribution is 2.40.